The predicted molar refractivity (Wildman–Crippen MR) is 101 cm³/mol. The lowest BCUT2D eigenvalue weighted by atomic mass is 9.96. The average molecular weight is 347 g/mol. The van der Waals surface area contributed by atoms with Gasteiger partial charge < -0.3 is 4.90 Å². The summed E-state index contributed by atoms with van der Waals surface area (Å²) >= 11 is 0. The van der Waals surface area contributed by atoms with Crippen LogP contribution in [0.5, 0.6) is 0 Å². The normalized spacial score (nSPS) is 24.0. The molecule has 0 spiro atoms. The van der Waals surface area contributed by atoms with Crippen molar-refractivity contribution in [1.29, 1.82) is 0 Å². The lowest BCUT2D eigenvalue weighted by Crippen LogP contribution is -2.48. The van der Waals surface area contributed by atoms with E-state index in [1.54, 1.807) is 0 Å². The van der Waals surface area contributed by atoms with Crippen LogP contribution in [0, 0.1) is 19.8 Å². The Kier molecular flexibility index (Phi) is 5.52. The molecule has 0 N–H and O–H groups in total. The first-order valence-electron chi connectivity index (χ1n) is 9.92. The van der Waals surface area contributed by atoms with Gasteiger partial charge in [0.25, 0.3) is 0 Å². The van der Waals surface area contributed by atoms with Gasteiger partial charge in [0.2, 0.25) is 5.91 Å². The molecule has 2 aliphatic heterocycles. The maximum atomic E-state index is 12.9. The molecule has 5 heteroatoms. The van der Waals surface area contributed by atoms with E-state index in [0.29, 0.717) is 11.9 Å². The standard InChI is InChI=1S/C20H34N4O/c1-14(13-19-16(3)21-22(5)17(19)4)20(25)23-11-8-18(9-12-23)24-10-6-7-15(24)2/h14-15,18H,6-13H2,1-5H3/t14-,15-/m0/s1. The van der Waals surface area contributed by atoms with Gasteiger partial charge in [-0.3, -0.25) is 14.4 Å². The van der Waals surface area contributed by atoms with E-state index < -0.39 is 0 Å². The molecule has 25 heavy (non-hydrogen) atoms. The molecule has 0 unspecified atom stereocenters. The van der Waals surface area contributed by atoms with Crippen molar-refractivity contribution in [2.45, 2.75) is 71.9 Å². The fraction of sp³-hybridized carbons (Fsp3) is 0.800. The third-order valence-electron chi connectivity index (χ3n) is 6.44. The van der Waals surface area contributed by atoms with Gasteiger partial charge in [0.15, 0.2) is 0 Å². The largest absolute Gasteiger partial charge is 0.342 e. The minimum absolute atomic E-state index is 0.0314. The first-order valence-corrected chi connectivity index (χ1v) is 9.92. The second-order valence-corrected chi connectivity index (χ2v) is 8.16. The van der Waals surface area contributed by atoms with Gasteiger partial charge >= 0.3 is 0 Å². The van der Waals surface area contributed by atoms with Crippen molar-refractivity contribution in [2.75, 3.05) is 19.6 Å². The highest BCUT2D eigenvalue weighted by atomic mass is 16.2. The maximum absolute atomic E-state index is 12.9. The van der Waals surface area contributed by atoms with Crippen LogP contribution in [0.1, 0.15) is 56.5 Å². The van der Waals surface area contributed by atoms with E-state index in [1.165, 1.54) is 30.6 Å². The number of likely N-dealkylation sites (tertiary alicyclic amines) is 2. The Hall–Kier alpha value is -1.36. The van der Waals surface area contributed by atoms with Crippen LogP contribution in [0.3, 0.4) is 0 Å². The van der Waals surface area contributed by atoms with Crippen LogP contribution in [0.25, 0.3) is 0 Å². The number of amides is 1. The first kappa shape index (κ1) is 18.4. The van der Waals surface area contributed by atoms with Crippen LogP contribution < -0.4 is 0 Å². The molecule has 2 saturated heterocycles. The van der Waals surface area contributed by atoms with Crippen LogP contribution in [0.15, 0.2) is 0 Å². The second kappa shape index (κ2) is 7.48. The molecule has 3 rings (SSSR count). The summed E-state index contributed by atoms with van der Waals surface area (Å²) < 4.78 is 1.92. The van der Waals surface area contributed by atoms with E-state index in [4.69, 9.17) is 0 Å². The molecule has 0 aliphatic carbocycles. The number of aryl methyl sites for hydroxylation is 2. The number of rotatable bonds is 4. The van der Waals surface area contributed by atoms with Crippen molar-refractivity contribution < 1.29 is 4.79 Å². The van der Waals surface area contributed by atoms with Gasteiger partial charge in [0.05, 0.1) is 5.69 Å². The predicted octanol–water partition coefficient (Wildman–Crippen LogP) is 2.69. The molecule has 5 nitrogen and oxygen atoms in total. The SMILES string of the molecule is Cc1nn(C)c(C)c1C[C@H](C)C(=O)N1CCC(N2CCC[C@@H]2C)CC1. The third-order valence-corrected chi connectivity index (χ3v) is 6.44. The Labute approximate surface area is 152 Å². The summed E-state index contributed by atoms with van der Waals surface area (Å²) in [6, 6.07) is 1.40. The van der Waals surface area contributed by atoms with Crippen molar-refractivity contribution in [1.82, 2.24) is 19.6 Å². The lowest BCUT2D eigenvalue weighted by Gasteiger charge is -2.39. The van der Waals surface area contributed by atoms with Crippen LogP contribution in [0.4, 0.5) is 0 Å². The first-order chi connectivity index (χ1) is 11.9. The van der Waals surface area contributed by atoms with Crippen molar-refractivity contribution >= 4 is 5.91 Å². The summed E-state index contributed by atoms with van der Waals surface area (Å²) in [4.78, 5) is 17.7. The molecular weight excluding hydrogens is 312 g/mol. The summed E-state index contributed by atoms with van der Waals surface area (Å²) in [6.07, 6.45) is 5.73. The molecule has 0 saturated carbocycles. The number of aromatic nitrogens is 2. The van der Waals surface area contributed by atoms with Crippen molar-refractivity contribution in [3.05, 3.63) is 17.0 Å². The van der Waals surface area contributed by atoms with Gasteiger partial charge in [-0.25, -0.2) is 0 Å². The Morgan fingerprint density at radius 3 is 2.40 bits per heavy atom. The highest BCUT2D eigenvalue weighted by Crippen LogP contribution is 2.26. The van der Waals surface area contributed by atoms with Crippen LogP contribution >= 0.6 is 0 Å². The second-order valence-electron chi connectivity index (χ2n) is 8.16. The van der Waals surface area contributed by atoms with Gasteiger partial charge in [0, 0.05) is 43.8 Å². The van der Waals surface area contributed by atoms with Gasteiger partial charge in [-0.1, -0.05) is 6.92 Å². The Bertz CT molecular complexity index is 615. The van der Waals surface area contributed by atoms with Gasteiger partial charge in [-0.2, -0.15) is 5.10 Å². The minimum Gasteiger partial charge on any atom is -0.342 e. The topological polar surface area (TPSA) is 41.4 Å². The van der Waals surface area contributed by atoms with E-state index in [1.807, 2.05) is 18.7 Å². The summed E-state index contributed by atoms with van der Waals surface area (Å²) in [5.41, 5.74) is 3.48. The number of carbonyl (C=O) groups is 1. The maximum Gasteiger partial charge on any atom is 0.225 e. The zero-order chi connectivity index (χ0) is 18.1. The Balaban J connectivity index is 1.55. The van der Waals surface area contributed by atoms with Gasteiger partial charge in [0.1, 0.15) is 0 Å². The fourth-order valence-corrected chi connectivity index (χ4v) is 4.73. The lowest BCUT2D eigenvalue weighted by molar-refractivity contribution is -0.136. The quantitative estimate of drug-likeness (QED) is 0.842. The Morgan fingerprint density at radius 2 is 1.88 bits per heavy atom. The van der Waals surface area contributed by atoms with Gasteiger partial charge in [-0.15, -0.1) is 0 Å². The zero-order valence-electron chi connectivity index (χ0n) is 16.6. The van der Waals surface area contributed by atoms with Crippen molar-refractivity contribution in [3.63, 3.8) is 0 Å². The van der Waals surface area contributed by atoms with E-state index >= 15 is 0 Å². The van der Waals surface area contributed by atoms with E-state index in [2.05, 4.69) is 35.7 Å². The monoisotopic (exact) mass is 346 g/mol. The summed E-state index contributed by atoms with van der Waals surface area (Å²) in [7, 11) is 1.97. The number of hydrogen-bond acceptors (Lipinski definition) is 3. The number of piperidine rings is 1. The van der Waals surface area contributed by atoms with Crippen LogP contribution in [0.2, 0.25) is 0 Å². The number of hydrogen-bond donors (Lipinski definition) is 0. The third kappa shape index (κ3) is 3.76. The summed E-state index contributed by atoms with van der Waals surface area (Å²) in [5.74, 6) is 0.347. The molecule has 3 heterocycles. The van der Waals surface area contributed by atoms with E-state index in [9.17, 15) is 4.79 Å². The Morgan fingerprint density at radius 1 is 1.20 bits per heavy atom. The molecule has 0 bridgehead atoms. The van der Waals surface area contributed by atoms with Crippen LogP contribution in [-0.2, 0) is 18.3 Å². The molecule has 1 amide bonds. The number of carbonyl (C=O) groups excluding carboxylic acids is 1. The molecule has 1 aromatic heterocycles. The molecule has 0 aromatic carbocycles. The molecule has 2 atom stereocenters. The molecule has 2 fully saturated rings. The molecule has 2 aliphatic rings. The van der Waals surface area contributed by atoms with E-state index in [-0.39, 0.29) is 5.92 Å². The highest BCUT2D eigenvalue weighted by Gasteiger charge is 2.32. The average Bonchev–Trinajstić information content (AvgIpc) is 3.13. The fourth-order valence-electron chi connectivity index (χ4n) is 4.73. The zero-order valence-corrected chi connectivity index (χ0v) is 16.6. The minimum atomic E-state index is 0.0314. The number of nitrogens with zero attached hydrogens (tertiary/aromatic N) is 4. The molecule has 1 aromatic rings. The molecular formula is C20H34N4O. The van der Waals surface area contributed by atoms with Gasteiger partial charge in [-0.05, 0) is 65.0 Å². The molecule has 0 radical (unpaired) electrons. The van der Waals surface area contributed by atoms with Crippen molar-refractivity contribution in [2.24, 2.45) is 13.0 Å². The highest BCUT2D eigenvalue weighted by molar-refractivity contribution is 5.79. The summed E-state index contributed by atoms with van der Waals surface area (Å²) in [6.45, 7) is 11.6. The summed E-state index contributed by atoms with van der Waals surface area (Å²) in [5, 5.41) is 4.48. The molecule has 140 valence electrons. The van der Waals surface area contributed by atoms with E-state index in [0.717, 1.165) is 44.1 Å². The van der Waals surface area contributed by atoms with Crippen molar-refractivity contribution in [3.8, 4) is 0 Å². The smallest absolute Gasteiger partial charge is 0.225 e. The van der Waals surface area contributed by atoms with Crippen LogP contribution in [-0.4, -0.2) is 57.2 Å².